The van der Waals surface area contributed by atoms with E-state index in [9.17, 15) is 8.78 Å². The van der Waals surface area contributed by atoms with Gasteiger partial charge in [0.05, 0.1) is 0 Å². The van der Waals surface area contributed by atoms with Gasteiger partial charge in [-0.25, -0.2) is 8.78 Å². The Kier molecular flexibility index (Phi) is 3.36. The monoisotopic (exact) mass is 295 g/mol. The van der Waals surface area contributed by atoms with Gasteiger partial charge < -0.3 is 10.5 Å². The molecule has 0 radical (unpaired) electrons. The lowest BCUT2D eigenvalue weighted by Crippen LogP contribution is -2.24. The van der Waals surface area contributed by atoms with Crippen molar-refractivity contribution in [2.45, 2.75) is 18.6 Å². The first kappa shape index (κ1) is 13.3. The first-order valence-electron chi connectivity index (χ1n) is 6.21. The Morgan fingerprint density at radius 1 is 1.10 bits per heavy atom. The van der Waals surface area contributed by atoms with Crippen LogP contribution in [0.25, 0.3) is 0 Å². The number of halogens is 3. The summed E-state index contributed by atoms with van der Waals surface area (Å²) in [6.07, 6.45) is -0.234. The normalized spacial score (nSPS) is 21.2. The van der Waals surface area contributed by atoms with Gasteiger partial charge in [-0.1, -0.05) is 11.6 Å². The maximum Gasteiger partial charge on any atom is 0.130 e. The first-order valence-corrected chi connectivity index (χ1v) is 6.59. The van der Waals surface area contributed by atoms with Crippen LogP contribution in [-0.2, 0) is 0 Å². The highest BCUT2D eigenvalue weighted by Gasteiger charge is 2.29. The summed E-state index contributed by atoms with van der Waals surface area (Å²) in [5.41, 5.74) is 7.04. The van der Waals surface area contributed by atoms with Crippen molar-refractivity contribution in [1.82, 2.24) is 0 Å². The van der Waals surface area contributed by atoms with Crippen molar-refractivity contribution in [3.05, 3.63) is 64.2 Å². The molecule has 0 aliphatic carbocycles. The van der Waals surface area contributed by atoms with E-state index < -0.39 is 17.7 Å². The van der Waals surface area contributed by atoms with E-state index in [1.54, 1.807) is 18.2 Å². The van der Waals surface area contributed by atoms with Crippen LogP contribution in [0.1, 0.15) is 29.7 Å². The smallest absolute Gasteiger partial charge is 0.130 e. The lowest BCUT2D eigenvalue weighted by Gasteiger charge is -2.30. The van der Waals surface area contributed by atoms with Gasteiger partial charge in [-0.05, 0) is 36.4 Å². The summed E-state index contributed by atoms with van der Waals surface area (Å²) >= 11 is 5.92. The Balaban J connectivity index is 1.99. The molecule has 0 saturated heterocycles. The SMILES string of the molecule is NC1CC(c2cc(F)ccc2F)Oc2ccc(Cl)cc21. The Hall–Kier alpha value is -1.65. The van der Waals surface area contributed by atoms with Crippen LogP contribution in [0.15, 0.2) is 36.4 Å². The summed E-state index contributed by atoms with van der Waals surface area (Å²) in [6.45, 7) is 0. The number of rotatable bonds is 1. The molecule has 2 N–H and O–H groups in total. The molecule has 1 heterocycles. The van der Waals surface area contributed by atoms with E-state index in [0.717, 1.165) is 23.8 Å². The van der Waals surface area contributed by atoms with Gasteiger partial charge in [0.1, 0.15) is 23.5 Å². The molecule has 2 nitrogen and oxygen atoms in total. The molecule has 0 amide bonds. The van der Waals surface area contributed by atoms with Crippen molar-refractivity contribution < 1.29 is 13.5 Å². The maximum atomic E-state index is 13.8. The minimum absolute atomic E-state index is 0.182. The number of fused-ring (bicyclic) bond motifs is 1. The second-order valence-electron chi connectivity index (χ2n) is 4.80. The number of hydrogen-bond acceptors (Lipinski definition) is 2. The molecule has 0 aromatic heterocycles. The van der Waals surface area contributed by atoms with Gasteiger partial charge in [-0.3, -0.25) is 0 Å². The molecule has 3 rings (SSSR count). The standard InChI is InChI=1S/C15H12ClF2NO/c16-8-1-4-14-11(5-8)13(19)7-15(20-14)10-6-9(17)2-3-12(10)18/h1-6,13,15H,7,19H2. The van der Waals surface area contributed by atoms with Crippen LogP contribution in [0.5, 0.6) is 5.75 Å². The van der Waals surface area contributed by atoms with E-state index in [0.29, 0.717) is 17.2 Å². The van der Waals surface area contributed by atoms with Crippen molar-refractivity contribution in [1.29, 1.82) is 0 Å². The first-order chi connectivity index (χ1) is 9.54. The zero-order valence-electron chi connectivity index (χ0n) is 10.4. The van der Waals surface area contributed by atoms with Crippen molar-refractivity contribution >= 4 is 11.6 Å². The van der Waals surface area contributed by atoms with E-state index in [4.69, 9.17) is 22.1 Å². The Labute approximate surface area is 120 Å². The highest BCUT2D eigenvalue weighted by Crippen LogP contribution is 2.41. The number of ether oxygens (including phenoxy) is 1. The van der Waals surface area contributed by atoms with E-state index >= 15 is 0 Å². The lowest BCUT2D eigenvalue weighted by molar-refractivity contribution is 0.157. The van der Waals surface area contributed by atoms with Gasteiger partial charge in [0.2, 0.25) is 0 Å². The summed E-state index contributed by atoms with van der Waals surface area (Å²) < 4.78 is 32.8. The lowest BCUT2D eigenvalue weighted by atomic mass is 9.93. The minimum Gasteiger partial charge on any atom is -0.485 e. The van der Waals surface area contributed by atoms with Crippen molar-refractivity contribution in [3.8, 4) is 5.75 Å². The fraction of sp³-hybridized carbons (Fsp3) is 0.200. The molecular weight excluding hydrogens is 284 g/mol. The van der Waals surface area contributed by atoms with Crippen LogP contribution >= 0.6 is 11.6 Å². The predicted octanol–water partition coefficient (Wildman–Crippen LogP) is 4.14. The number of benzene rings is 2. The van der Waals surface area contributed by atoms with Gasteiger partial charge in [0, 0.05) is 28.6 Å². The number of hydrogen-bond donors (Lipinski definition) is 1. The van der Waals surface area contributed by atoms with Crippen LogP contribution in [0.2, 0.25) is 5.02 Å². The van der Waals surface area contributed by atoms with Crippen LogP contribution in [-0.4, -0.2) is 0 Å². The highest BCUT2D eigenvalue weighted by molar-refractivity contribution is 6.30. The number of nitrogens with two attached hydrogens (primary N) is 1. The summed E-state index contributed by atoms with van der Waals surface area (Å²) in [5, 5.41) is 0.568. The van der Waals surface area contributed by atoms with E-state index in [2.05, 4.69) is 0 Å². The summed E-state index contributed by atoms with van der Waals surface area (Å²) in [6, 6.07) is 8.10. The van der Waals surface area contributed by atoms with Gasteiger partial charge >= 0.3 is 0 Å². The summed E-state index contributed by atoms with van der Waals surface area (Å²) in [5.74, 6) is -0.441. The van der Waals surface area contributed by atoms with E-state index in [1.807, 2.05) is 0 Å². The Morgan fingerprint density at radius 3 is 2.70 bits per heavy atom. The molecule has 1 aliphatic rings. The van der Waals surface area contributed by atoms with Crippen molar-refractivity contribution in [2.24, 2.45) is 5.73 Å². The zero-order chi connectivity index (χ0) is 14.3. The highest BCUT2D eigenvalue weighted by atomic mass is 35.5. The van der Waals surface area contributed by atoms with E-state index in [-0.39, 0.29) is 11.6 Å². The molecule has 0 spiro atoms. The Morgan fingerprint density at radius 2 is 1.90 bits per heavy atom. The van der Waals surface area contributed by atoms with Crippen LogP contribution in [0.4, 0.5) is 8.78 Å². The van der Waals surface area contributed by atoms with Crippen LogP contribution in [0, 0.1) is 11.6 Å². The minimum atomic E-state index is -0.602. The molecule has 1 aliphatic heterocycles. The zero-order valence-corrected chi connectivity index (χ0v) is 11.2. The molecular formula is C15H12ClF2NO. The maximum absolute atomic E-state index is 13.8. The largest absolute Gasteiger partial charge is 0.485 e. The fourth-order valence-corrected chi connectivity index (χ4v) is 2.61. The third-order valence-electron chi connectivity index (χ3n) is 3.41. The van der Waals surface area contributed by atoms with Gasteiger partial charge in [0.25, 0.3) is 0 Å². The third kappa shape index (κ3) is 2.37. The topological polar surface area (TPSA) is 35.2 Å². The molecule has 2 unspecified atom stereocenters. The van der Waals surface area contributed by atoms with Crippen LogP contribution in [0.3, 0.4) is 0 Å². The second-order valence-corrected chi connectivity index (χ2v) is 5.23. The van der Waals surface area contributed by atoms with E-state index in [1.165, 1.54) is 0 Å². The van der Waals surface area contributed by atoms with Gasteiger partial charge in [0.15, 0.2) is 0 Å². The van der Waals surface area contributed by atoms with Gasteiger partial charge in [-0.15, -0.1) is 0 Å². The van der Waals surface area contributed by atoms with Crippen molar-refractivity contribution in [3.63, 3.8) is 0 Å². The van der Waals surface area contributed by atoms with Gasteiger partial charge in [-0.2, -0.15) is 0 Å². The summed E-state index contributed by atoms with van der Waals surface area (Å²) in [4.78, 5) is 0. The fourth-order valence-electron chi connectivity index (χ4n) is 2.43. The van der Waals surface area contributed by atoms with Crippen molar-refractivity contribution in [2.75, 3.05) is 0 Å². The average molecular weight is 296 g/mol. The third-order valence-corrected chi connectivity index (χ3v) is 3.65. The predicted molar refractivity (Wildman–Crippen MR) is 72.7 cm³/mol. The molecule has 20 heavy (non-hydrogen) atoms. The molecule has 2 atom stereocenters. The molecule has 0 fully saturated rings. The molecule has 5 heteroatoms. The average Bonchev–Trinajstić information content (AvgIpc) is 2.42. The quantitative estimate of drug-likeness (QED) is 0.858. The molecule has 0 saturated carbocycles. The Bertz CT molecular complexity index is 662. The molecule has 0 bridgehead atoms. The molecule has 104 valence electrons. The molecule has 2 aromatic rings. The van der Waals surface area contributed by atoms with Crippen LogP contribution < -0.4 is 10.5 Å². The summed E-state index contributed by atoms with van der Waals surface area (Å²) in [7, 11) is 0. The second kappa shape index (κ2) is 5.04. The molecule has 2 aromatic carbocycles.